The van der Waals surface area contributed by atoms with Crippen LogP contribution in [0.15, 0.2) is 28.0 Å². The van der Waals surface area contributed by atoms with E-state index in [-0.39, 0.29) is 11.7 Å². The zero-order valence-electron chi connectivity index (χ0n) is 14.6. The number of nitrogens with zero attached hydrogens (tertiary/aromatic N) is 4. The molecule has 8 heteroatoms. The Morgan fingerprint density at radius 3 is 2.50 bits per heavy atom. The largest absolute Gasteiger partial charge is 0.461 e. The Balaban J connectivity index is 2.00. The van der Waals surface area contributed by atoms with E-state index < -0.39 is 0 Å². The van der Waals surface area contributed by atoms with Crippen LogP contribution in [0.25, 0.3) is 11.6 Å². The molecule has 1 amide bonds. The second-order valence-electron chi connectivity index (χ2n) is 6.53. The van der Waals surface area contributed by atoms with Gasteiger partial charge >= 0.3 is 0 Å². The van der Waals surface area contributed by atoms with Gasteiger partial charge in [0.05, 0.1) is 12.0 Å². The fourth-order valence-electron chi connectivity index (χ4n) is 2.33. The van der Waals surface area contributed by atoms with Gasteiger partial charge in [-0.2, -0.15) is 0 Å². The van der Waals surface area contributed by atoms with Crippen LogP contribution >= 0.6 is 11.8 Å². The van der Waals surface area contributed by atoms with Crippen molar-refractivity contribution in [2.75, 3.05) is 24.7 Å². The lowest BCUT2D eigenvalue weighted by Gasteiger charge is -2.26. The van der Waals surface area contributed by atoms with E-state index in [0.717, 1.165) is 13.1 Å². The number of carbonyl (C=O) groups is 1. The van der Waals surface area contributed by atoms with Crippen molar-refractivity contribution in [2.24, 2.45) is 11.8 Å². The lowest BCUT2D eigenvalue weighted by Crippen LogP contribution is -2.38. The first kappa shape index (κ1) is 18.4. The van der Waals surface area contributed by atoms with Gasteiger partial charge in [-0.15, -0.1) is 10.2 Å². The molecule has 0 unspecified atom stereocenters. The van der Waals surface area contributed by atoms with Crippen molar-refractivity contribution < 1.29 is 9.21 Å². The van der Waals surface area contributed by atoms with E-state index in [1.165, 1.54) is 16.4 Å². The minimum atomic E-state index is 0.0879. The molecule has 7 nitrogen and oxygen atoms in total. The number of nitrogen functional groups attached to an aromatic ring is 1. The average molecular weight is 351 g/mol. The van der Waals surface area contributed by atoms with E-state index in [1.54, 1.807) is 18.4 Å². The summed E-state index contributed by atoms with van der Waals surface area (Å²) in [4.78, 5) is 14.4. The van der Waals surface area contributed by atoms with Crippen molar-refractivity contribution >= 4 is 17.7 Å². The Morgan fingerprint density at radius 2 is 1.96 bits per heavy atom. The van der Waals surface area contributed by atoms with Crippen LogP contribution in [-0.2, 0) is 4.79 Å². The molecule has 0 atom stereocenters. The average Bonchev–Trinajstić information content (AvgIpc) is 3.12. The maximum atomic E-state index is 12.5. The molecule has 2 N–H and O–H groups in total. The molecule has 0 spiro atoms. The number of nitrogens with two attached hydrogens (primary N) is 1. The number of hydrogen-bond donors (Lipinski definition) is 1. The van der Waals surface area contributed by atoms with E-state index >= 15 is 0 Å². The molecular weight excluding hydrogens is 326 g/mol. The highest BCUT2D eigenvalue weighted by Crippen LogP contribution is 2.22. The van der Waals surface area contributed by atoms with Crippen LogP contribution in [-0.4, -0.2) is 44.5 Å². The summed E-state index contributed by atoms with van der Waals surface area (Å²) in [6.45, 7) is 9.95. The topological polar surface area (TPSA) is 90.2 Å². The standard InChI is InChI=1S/C16H25N5O2S/c1-11(2)8-20(9-12(3)4)14(22)10-24-16-19-18-15(21(16)17)13-6-5-7-23-13/h5-7,11-12H,8-10,17H2,1-4H3. The Labute approximate surface area is 146 Å². The number of furan rings is 1. The molecule has 2 heterocycles. The van der Waals surface area contributed by atoms with Crippen LogP contribution in [0.2, 0.25) is 0 Å². The van der Waals surface area contributed by atoms with E-state index in [9.17, 15) is 4.79 Å². The summed E-state index contributed by atoms with van der Waals surface area (Å²) >= 11 is 1.29. The van der Waals surface area contributed by atoms with Gasteiger partial charge < -0.3 is 15.2 Å². The van der Waals surface area contributed by atoms with Gasteiger partial charge in [0.1, 0.15) is 0 Å². The minimum absolute atomic E-state index is 0.0879. The third kappa shape index (κ3) is 4.77. The van der Waals surface area contributed by atoms with E-state index in [0.29, 0.717) is 28.6 Å². The van der Waals surface area contributed by atoms with Gasteiger partial charge in [-0.25, -0.2) is 4.68 Å². The highest BCUT2D eigenvalue weighted by molar-refractivity contribution is 7.99. The number of thioether (sulfide) groups is 1. The van der Waals surface area contributed by atoms with Gasteiger partial charge in [0.25, 0.3) is 0 Å². The van der Waals surface area contributed by atoms with Crippen LogP contribution in [0.1, 0.15) is 27.7 Å². The summed E-state index contributed by atoms with van der Waals surface area (Å²) in [5, 5.41) is 8.56. The molecule has 0 saturated carbocycles. The van der Waals surface area contributed by atoms with Crippen molar-refractivity contribution in [3.05, 3.63) is 18.4 Å². The predicted molar refractivity (Wildman–Crippen MR) is 94.9 cm³/mol. The second kappa shape index (κ2) is 8.23. The summed E-state index contributed by atoms with van der Waals surface area (Å²) in [5.41, 5.74) is 0. The molecule has 24 heavy (non-hydrogen) atoms. The van der Waals surface area contributed by atoms with Crippen molar-refractivity contribution in [2.45, 2.75) is 32.9 Å². The number of amides is 1. The maximum Gasteiger partial charge on any atom is 0.233 e. The Kier molecular flexibility index (Phi) is 6.30. The van der Waals surface area contributed by atoms with Crippen LogP contribution in [0.4, 0.5) is 0 Å². The summed E-state index contributed by atoms with van der Waals surface area (Å²) in [5.74, 6) is 8.23. The van der Waals surface area contributed by atoms with Crippen LogP contribution in [0.3, 0.4) is 0 Å². The molecule has 0 fully saturated rings. The third-order valence-electron chi connectivity index (χ3n) is 3.25. The van der Waals surface area contributed by atoms with Crippen molar-refractivity contribution in [1.29, 1.82) is 0 Å². The van der Waals surface area contributed by atoms with Crippen LogP contribution < -0.4 is 5.84 Å². The smallest absolute Gasteiger partial charge is 0.233 e. The molecule has 2 aromatic heterocycles. The normalized spacial score (nSPS) is 11.4. The molecular formula is C16H25N5O2S. The molecule has 0 aliphatic carbocycles. The lowest BCUT2D eigenvalue weighted by molar-refractivity contribution is -0.129. The van der Waals surface area contributed by atoms with E-state index in [2.05, 4.69) is 37.9 Å². The molecule has 0 aliphatic heterocycles. The van der Waals surface area contributed by atoms with Gasteiger partial charge in [-0.1, -0.05) is 39.5 Å². The Hall–Kier alpha value is -1.96. The van der Waals surface area contributed by atoms with Crippen molar-refractivity contribution in [3.63, 3.8) is 0 Å². The van der Waals surface area contributed by atoms with E-state index in [1.807, 2.05) is 4.90 Å². The van der Waals surface area contributed by atoms with Crippen molar-refractivity contribution in [1.82, 2.24) is 19.8 Å². The van der Waals surface area contributed by atoms with Crippen LogP contribution in [0, 0.1) is 11.8 Å². The summed E-state index contributed by atoms with van der Waals surface area (Å²) < 4.78 is 6.63. The molecule has 2 aromatic rings. The highest BCUT2D eigenvalue weighted by Gasteiger charge is 2.19. The Morgan fingerprint density at radius 1 is 1.29 bits per heavy atom. The zero-order valence-corrected chi connectivity index (χ0v) is 15.4. The first-order valence-electron chi connectivity index (χ1n) is 8.03. The Bertz CT molecular complexity index is 641. The summed E-state index contributed by atoms with van der Waals surface area (Å²) in [6, 6.07) is 3.52. The molecule has 0 radical (unpaired) electrons. The first-order valence-corrected chi connectivity index (χ1v) is 9.02. The monoisotopic (exact) mass is 351 g/mol. The van der Waals surface area contributed by atoms with Crippen molar-refractivity contribution in [3.8, 4) is 11.6 Å². The predicted octanol–water partition coefficient (Wildman–Crippen LogP) is 2.48. The fourth-order valence-corrected chi connectivity index (χ4v) is 3.09. The molecule has 2 rings (SSSR count). The first-order chi connectivity index (χ1) is 11.4. The van der Waals surface area contributed by atoms with Gasteiger partial charge in [-0.05, 0) is 24.0 Å². The fraction of sp³-hybridized carbons (Fsp3) is 0.562. The maximum absolute atomic E-state index is 12.5. The SMILES string of the molecule is CC(C)CN(CC(C)C)C(=O)CSc1nnc(-c2ccco2)n1N. The van der Waals surface area contributed by atoms with Gasteiger partial charge in [0.15, 0.2) is 5.76 Å². The molecule has 0 bridgehead atoms. The van der Waals surface area contributed by atoms with Gasteiger partial charge in [0.2, 0.25) is 16.9 Å². The molecule has 0 saturated heterocycles. The number of rotatable bonds is 8. The van der Waals surface area contributed by atoms with Crippen LogP contribution in [0.5, 0.6) is 0 Å². The summed E-state index contributed by atoms with van der Waals surface area (Å²) in [6.07, 6.45) is 1.55. The molecule has 132 valence electrons. The zero-order chi connectivity index (χ0) is 17.7. The third-order valence-corrected chi connectivity index (χ3v) is 4.18. The molecule has 0 aromatic carbocycles. The number of carbonyl (C=O) groups excluding carboxylic acids is 1. The highest BCUT2D eigenvalue weighted by atomic mass is 32.2. The number of hydrogen-bond acceptors (Lipinski definition) is 6. The number of aromatic nitrogens is 3. The van der Waals surface area contributed by atoms with E-state index in [4.69, 9.17) is 10.3 Å². The summed E-state index contributed by atoms with van der Waals surface area (Å²) in [7, 11) is 0. The van der Waals surface area contributed by atoms with Gasteiger partial charge in [0, 0.05) is 13.1 Å². The quantitative estimate of drug-likeness (QED) is 0.580. The van der Waals surface area contributed by atoms with Gasteiger partial charge in [-0.3, -0.25) is 4.79 Å². The second-order valence-corrected chi connectivity index (χ2v) is 7.47. The minimum Gasteiger partial charge on any atom is -0.461 e. The lowest BCUT2D eigenvalue weighted by atomic mass is 10.1. The molecule has 0 aliphatic rings.